The van der Waals surface area contributed by atoms with Gasteiger partial charge in [-0.1, -0.05) is 33.3 Å². The van der Waals surface area contributed by atoms with Crippen LogP contribution in [0, 0.1) is 23.5 Å². The molecular weight excluding hydrogens is 566 g/mol. The van der Waals surface area contributed by atoms with Crippen molar-refractivity contribution in [3.8, 4) is 28.4 Å². The number of nitrogens with zero attached hydrogens (tertiary/aromatic N) is 2. The minimum atomic E-state index is -0.848. The Morgan fingerprint density at radius 1 is 0.977 bits per heavy atom. The highest BCUT2D eigenvalue weighted by Crippen LogP contribution is 2.40. The Balaban J connectivity index is 1.51. The summed E-state index contributed by atoms with van der Waals surface area (Å²) in [4.78, 5) is 21.2. The predicted octanol–water partition coefficient (Wildman–Crippen LogP) is 8.28. The summed E-state index contributed by atoms with van der Waals surface area (Å²) in [5, 5.41) is 6.42. The average Bonchev–Trinajstić information content (AvgIpc) is 3.88. The molecule has 0 saturated heterocycles. The van der Waals surface area contributed by atoms with Gasteiger partial charge in [0.1, 0.15) is 29.4 Å². The van der Waals surface area contributed by atoms with Gasteiger partial charge in [0.05, 0.1) is 31.5 Å². The maximum atomic E-state index is 15.6. The number of halogens is 2. The second-order valence-electron chi connectivity index (χ2n) is 11.2. The molecule has 0 aliphatic heterocycles. The van der Waals surface area contributed by atoms with Gasteiger partial charge in [-0.15, -0.1) is 0 Å². The van der Waals surface area contributed by atoms with E-state index in [9.17, 15) is 9.18 Å². The molecule has 2 N–H and O–H groups in total. The molecule has 4 aromatic rings. The molecule has 1 aliphatic rings. The Morgan fingerprint density at radius 3 is 2.43 bits per heavy atom. The van der Waals surface area contributed by atoms with E-state index in [-0.39, 0.29) is 23.5 Å². The number of aromatic nitrogens is 2. The van der Waals surface area contributed by atoms with Crippen molar-refractivity contribution >= 4 is 34.0 Å². The summed E-state index contributed by atoms with van der Waals surface area (Å²) in [5.74, 6) is 0.377. The van der Waals surface area contributed by atoms with E-state index in [0.29, 0.717) is 51.1 Å². The fourth-order valence-corrected chi connectivity index (χ4v) is 5.07. The van der Waals surface area contributed by atoms with Crippen molar-refractivity contribution in [1.82, 2.24) is 9.97 Å². The topological polar surface area (TPSA) is 94.6 Å². The van der Waals surface area contributed by atoms with Crippen LogP contribution in [0.1, 0.15) is 52.9 Å². The van der Waals surface area contributed by atoms with E-state index in [2.05, 4.69) is 41.4 Å². The molecule has 5 rings (SSSR count). The first-order chi connectivity index (χ1) is 21.3. The smallest absolute Gasteiger partial charge is 0.227 e. The van der Waals surface area contributed by atoms with Gasteiger partial charge in [-0.2, -0.15) is 0 Å². The molecule has 1 saturated carbocycles. The fraction of sp³-hybridized carbons (Fsp3) is 0.382. The first-order valence-electron chi connectivity index (χ1n) is 15.0. The van der Waals surface area contributed by atoms with E-state index >= 15 is 4.39 Å². The first kappa shape index (κ1) is 31.0. The monoisotopic (exact) mass is 604 g/mol. The summed E-state index contributed by atoms with van der Waals surface area (Å²) in [5.41, 5.74) is 1.26. The maximum Gasteiger partial charge on any atom is 0.227 e. The van der Waals surface area contributed by atoms with Gasteiger partial charge in [-0.3, -0.25) is 4.79 Å². The lowest BCUT2D eigenvalue weighted by molar-refractivity contribution is -0.117. The molecule has 44 heavy (non-hydrogen) atoms. The number of fused-ring (bicyclic) bond motifs is 1. The summed E-state index contributed by atoms with van der Waals surface area (Å²) >= 11 is 0. The fourth-order valence-electron chi connectivity index (χ4n) is 5.07. The van der Waals surface area contributed by atoms with Crippen molar-refractivity contribution in [3.63, 3.8) is 0 Å². The average molecular weight is 605 g/mol. The van der Waals surface area contributed by atoms with Crippen molar-refractivity contribution in [2.45, 2.75) is 59.0 Å². The number of nitrogens with one attached hydrogen (secondary N) is 2. The number of hydrogen-bond donors (Lipinski definition) is 2. The molecule has 0 bridgehead atoms. The van der Waals surface area contributed by atoms with Gasteiger partial charge < -0.3 is 24.8 Å². The highest BCUT2D eigenvalue weighted by Gasteiger charge is 2.31. The molecule has 1 heterocycles. The number of hydrogen-bond acceptors (Lipinski definition) is 7. The number of benzene rings is 3. The van der Waals surface area contributed by atoms with Crippen molar-refractivity contribution < 1.29 is 27.8 Å². The molecule has 0 spiro atoms. The molecule has 1 aliphatic carbocycles. The summed E-state index contributed by atoms with van der Waals surface area (Å²) in [7, 11) is 3.12. The van der Waals surface area contributed by atoms with Gasteiger partial charge in [0.2, 0.25) is 5.91 Å². The molecule has 1 fully saturated rings. The molecule has 8 nitrogen and oxygen atoms in total. The third-order valence-corrected chi connectivity index (χ3v) is 8.08. The van der Waals surface area contributed by atoms with Gasteiger partial charge in [0, 0.05) is 22.9 Å². The minimum absolute atomic E-state index is 0.0127. The zero-order valence-corrected chi connectivity index (χ0v) is 25.7. The molecule has 2 unspecified atom stereocenters. The van der Waals surface area contributed by atoms with E-state index in [1.165, 1.54) is 19.5 Å². The Kier molecular flexibility index (Phi) is 9.46. The number of anilines is 3. The summed E-state index contributed by atoms with van der Waals surface area (Å²) in [6.07, 6.45) is 5.72. The lowest BCUT2D eigenvalue weighted by Gasteiger charge is -2.22. The summed E-state index contributed by atoms with van der Waals surface area (Å²) in [6, 6.07) is 11.2. The predicted molar refractivity (Wildman–Crippen MR) is 168 cm³/mol. The molecule has 2 atom stereocenters. The maximum absolute atomic E-state index is 15.6. The van der Waals surface area contributed by atoms with Crippen LogP contribution in [0.3, 0.4) is 0 Å². The van der Waals surface area contributed by atoms with Gasteiger partial charge in [0.15, 0.2) is 17.3 Å². The van der Waals surface area contributed by atoms with Crippen LogP contribution in [0.15, 0.2) is 48.8 Å². The van der Waals surface area contributed by atoms with Crippen LogP contribution < -0.4 is 24.8 Å². The number of amides is 1. The molecule has 232 valence electrons. The highest BCUT2D eigenvalue weighted by atomic mass is 19.1. The Hall–Kier alpha value is -4.47. The second-order valence-corrected chi connectivity index (χ2v) is 11.2. The quantitative estimate of drug-likeness (QED) is 0.159. The van der Waals surface area contributed by atoms with Crippen LogP contribution in [-0.2, 0) is 4.79 Å². The van der Waals surface area contributed by atoms with Crippen LogP contribution >= 0.6 is 0 Å². The Morgan fingerprint density at radius 2 is 1.75 bits per heavy atom. The van der Waals surface area contributed by atoms with Crippen LogP contribution in [0.2, 0.25) is 0 Å². The summed E-state index contributed by atoms with van der Waals surface area (Å²) < 4.78 is 47.9. The first-order valence-corrected chi connectivity index (χ1v) is 15.0. The Bertz CT molecular complexity index is 1660. The Labute approximate surface area is 256 Å². The number of rotatable bonds is 13. The van der Waals surface area contributed by atoms with Gasteiger partial charge in [-0.25, -0.2) is 18.7 Å². The van der Waals surface area contributed by atoms with Crippen LogP contribution in [-0.4, -0.2) is 36.2 Å². The number of carbonyl (C=O) groups excluding carboxylic acids is 1. The van der Waals surface area contributed by atoms with E-state index in [1.807, 2.05) is 12.1 Å². The van der Waals surface area contributed by atoms with Crippen LogP contribution in [0.25, 0.3) is 22.0 Å². The number of methoxy groups -OCH3 is 2. The van der Waals surface area contributed by atoms with Gasteiger partial charge in [0.25, 0.3) is 0 Å². The van der Waals surface area contributed by atoms with Crippen LogP contribution in [0.4, 0.5) is 26.0 Å². The van der Waals surface area contributed by atoms with E-state index in [0.717, 1.165) is 38.2 Å². The van der Waals surface area contributed by atoms with Gasteiger partial charge in [-0.05, 0) is 67.5 Å². The minimum Gasteiger partial charge on any atom is -0.495 e. The molecule has 10 heteroatoms. The zero-order chi connectivity index (χ0) is 31.4. The lowest BCUT2D eigenvalue weighted by Crippen LogP contribution is -2.19. The third kappa shape index (κ3) is 6.69. The van der Waals surface area contributed by atoms with Crippen molar-refractivity contribution in [2.24, 2.45) is 11.8 Å². The van der Waals surface area contributed by atoms with Crippen molar-refractivity contribution in [3.05, 3.63) is 60.4 Å². The molecular formula is C34H38F2N4O4. The lowest BCUT2D eigenvalue weighted by atomic mass is 9.99. The highest BCUT2D eigenvalue weighted by molar-refractivity contribution is 5.96. The van der Waals surface area contributed by atoms with E-state index in [4.69, 9.17) is 14.2 Å². The third-order valence-electron chi connectivity index (χ3n) is 8.08. The van der Waals surface area contributed by atoms with Crippen molar-refractivity contribution in [2.75, 3.05) is 24.9 Å². The van der Waals surface area contributed by atoms with E-state index in [1.54, 1.807) is 25.3 Å². The number of carbonyl (C=O) groups is 1. The number of ether oxygens (including phenoxy) is 3. The van der Waals surface area contributed by atoms with Gasteiger partial charge >= 0.3 is 0 Å². The van der Waals surface area contributed by atoms with E-state index < -0.39 is 17.3 Å². The normalized spacial score (nSPS) is 14.2. The molecule has 1 aromatic heterocycles. The molecule has 1 amide bonds. The zero-order valence-electron chi connectivity index (χ0n) is 25.7. The standard InChI is InChI=1S/C34H38F2N4O4/c1-6-19(3)14-22(7-2)44-30-16-24-26(17-29(30)43-5)37-18-38-33(24)39-27-15-21(10-13-28(27)42-4)23-11-12-25(35)32(31(23)36)40-34(41)20-8-9-20/h10-13,15-20,22H,6-9,14H2,1-5H3,(H,40,41)(H,37,38,39). The van der Waals surface area contributed by atoms with Crippen LogP contribution in [0.5, 0.6) is 17.2 Å². The summed E-state index contributed by atoms with van der Waals surface area (Å²) in [6.45, 7) is 6.48. The second kappa shape index (κ2) is 13.4. The van der Waals surface area contributed by atoms with Crippen molar-refractivity contribution in [1.29, 1.82) is 0 Å². The molecule has 3 aromatic carbocycles. The largest absolute Gasteiger partial charge is 0.495 e. The molecule has 0 radical (unpaired) electrons. The SMILES string of the molecule is CCC(C)CC(CC)Oc1cc2c(Nc3cc(-c4ccc(F)c(NC(=O)C5CC5)c4F)ccc3OC)ncnc2cc1OC.